The molecule has 0 aliphatic carbocycles. The van der Waals surface area contributed by atoms with Crippen molar-refractivity contribution < 1.29 is 23.8 Å². The Morgan fingerprint density at radius 3 is 2.62 bits per heavy atom. The molecule has 0 aromatic heterocycles. The first-order valence-corrected chi connectivity index (χ1v) is 9.68. The number of halogens is 1. The Bertz CT molecular complexity index is 977. The quantitative estimate of drug-likeness (QED) is 0.487. The van der Waals surface area contributed by atoms with Gasteiger partial charge in [-0.15, -0.1) is 0 Å². The van der Waals surface area contributed by atoms with Crippen LogP contribution in [0.3, 0.4) is 0 Å². The highest BCUT2D eigenvalue weighted by Crippen LogP contribution is 2.40. The van der Waals surface area contributed by atoms with Gasteiger partial charge in [0.2, 0.25) is 0 Å². The molecule has 2 fully saturated rings. The second-order valence-electron chi connectivity index (χ2n) is 7.51. The minimum absolute atomic E-state index is 0.0255. The van der Waals surface area contributed by atoms with E-state index in [1.54, 1.807) is 18.2 Å². The molecule has 0 bridgehead atoms. The number of aliphatic hydroxyl groups is 1. The summed E-state index contributed by atoms with van der Waals surface area (Å²) in [4.78, 5) is 27.1. The summed E-state index contributed by atoms with van der Waals surface area (Å²) in [6, 6.07) is 11.9. The van der Waals surface area contributed by atoms with Crippen LogP contribution in [0.25, 0.3) is 5.76 Å². The average molecular weight is 395 g/mol. The predicted octanol–water partition coefficient (Wildman–Crippen LogP) is 3.73. The number of rotatable bonds is 4. The number of Topliss-reactive ketones (excluding diaryl/α,β-unsaturated/α-hetero) is 1. The van der Waals surface area contributed by atoms with E-state index >= 15 is 0 Å². The molecule has 2 aliphatic heterocycles. The van der Waals surface area contributed by atoms with Crippen molar-refractivity contribution in [2.75, 3.05) is 13.2 Å². The Morgan fingerprint density at radius 2 is 1.97 bits per heavy atom. The van der Waals surface area contributed by atoms with Crippen LogP contribution in [0.5, 0.6) is 0 Å². The second kappa shape index (κ2) is 7.79. The van der Waals surface area contributed by atoms with Gasteiger partial charge in [-0.1, -0.05) is 42.0 Å². The van der Waals surface area contributed by atoms with Gasteiger partial charge in [-0.25, -0.2) is 4.39 Å². The van der Waals surface area contributed by atoms with Gasteiger partial charge in [0, 0.05) is 18.7 Å². The van der Waals surface area contributed by atoms with Crippen molar-refractivity contribution in [3.05, 3.63) is 76.6 Å². The van der Waals surface area contributed by atoms with Gasteiger partial charge in [-0.05, 0) is 37.5 Å². The lowest BCUT2D eigenvalue weighted by atomic mass is 9.95. The zero-order valence-electron chi connectivity index (χ0n) is 16.1. The number of benzene rings is 2. The molecule has 0 spiro atoms. The summed E-state index contributed by atoms with van der Waals surface area (Å²) in [7, 11) is 0. The molecule has 2 atom stereocenters. The number of nitrogens with zero attached hydrogens (tertiary/aromatic N) is 1. The Morgan fingerprint density at radius 1 is 1.21 bits per heavy atom. The highest BCUT2D eigenvalue weighted by Gasteiger charge is 2.47. The molecule has 2 heterocycles. The maximum absolute atomic E-state index is 14.0. The van der Waals surface area contributed by atoms with Crippen LogP contribution in [-0.2, 0) is 14.3 Å². The molecule has 2 aromatic rings. The molecule has 2 saturated heterocycles. The summed E-state index contributed by atoms with van der Waals surface area (Å²) in [6.45, 7) is 2.75. The van der Waals surface area contributed by atoms with Gasteiger partial charge in [-0.2, -0.15) is 0 Å². The standard InChI is InChI=1S/C23H22FNO4/c1-14-7-9-15(10-8-14)21(26)19-20(16-4-2-5-17(24)12-16)25(23(28)22(19)27)13-18-6-3-11-29-18/h2,4-5,7-10,12,18,20,26H,3,6,11,13H2,1H3/t18-,20-/m0/s1. The summed E-state index contributed by atoms with van der Waals surface area (Å²) in [5.41, 5.74) is 1.85. The SMILES string of the molecule is Cc1ccc(C(O)=C2C(=O)C(=O)N(C[C@@H]3CCCO3)[C@H]2c2cccc(F)c2)cc1. The fraction of sp³-hybridized carbons (Fsp3) is 0.304. The molecular formula is C23H22FNO4. The lowest BCUT2D eigenvalue weighted by Crippen LogP contribution is -2.36. The zero-order valence-corrected chi connectivity index (χ0v) is 16.1. The summed E-state index contributed by atoms with van der Waals surface area (Å²) >= 11 is 0. The van der Waals surface area contributed by atoms with E-state index in [9.17, 15) is 19.1 Å². The van der Waals surface area contributed by atoms with Gasteiger partial charge < -0.3 is 14.7 Å². The molecule has 1 amide bonds. The van der Waals surface area contributed by atoms with Gasteiger partial charge >= 0.3 is 0 Å². The molecule has 2 aromatic carbocycles. The number of ether oxygens (including phenoxy) is 1. The minimum atomic E-state index is -0.865. The lowest BCUT2D eigenvalue weighted by Gasteiger charge is -2.27. The van der Waals surface area contributed by atoms with Crippen LogP contribution >= 0.6 is 0 Å². The van der Waals surface area contributed by atoms with Crippen molar-refractivity contribution in [3.63, 3.8) is 0 Å². The topological polar surface area (TPSA) is 66.8 Å². The highest BCUT2D eigenvalue weighted by atomic mass is 19.1. The Labute approximate surface area is 168 Å². The van der Waals surface area contributed by atoms with Crippen molar-refractivity contribution in [3.8, 4) is 0 Å². The van der Waals surface area contributed by atoms with Crippen molar-refractivity contribution in [1.82, 2.24) is 4.90 Å². The van der Waals surface area contributed by atoms with Crippen LogP contribution in [0.15, 0.2) is 54.1 Å². The molecular weight excluding hydrogens is 373 g/mol. The van der Waals surface area contributed by atoms with Crippen LogP contribution in [0.1, 0.15) is 35.6 Å². The van der Waals surface area contributed by atoms with Crippen LogP contribution in [-0.4, -0.2) is 41.0 Å². The third kappa shape index (κ3) is 3.68. The predicted molar refractivity (Wildman–Crippen MR) is 106 cm³/mol. The van der Waals surface area contributed by atoms with E-state index in [2.05, 4.69) is 0 Å². The number of carbonyl (C=O) groups is 2. The van der Waals surface area contributed by atoms with E-state index in [1.165, 1.54) is 23.1 Å². The average Bonchev–Trinajstić information content (AvgIpc) is 3.30. The van der Waals surface area contributed by atoms with Crippen LogP contribution in [0.4, 0.5) is 4.39 Å². The minimum Gasteiger partial charge on any atom is -0.507 e. The van der Waals surface area contributed by atoms with Gasteiger partial charge in [0.25, 0.3) is 11.7 Å². The highest BCUT2D eigenvalue weighted by molar-refractivity contribution is 6.46. The molecule has 0 unspecified atom stereocenters. The van der Waals surface area contributed by atoms with Gasteiger partial charge in [0.05, 0.1) is 17.7 Å². The fourth-order valence-electron chi connectivity index (χ4n) is 3.97. The summed E-state index contributed by atoms with van der Waals surface area (Å²) in [5.74, 6) is -2.20. The number of hydrogen-bond acceptors (Lipinski definition) is 4. The zero-order chi connectivity index (χ0) is 20.5. The molecule has 2 aliphatic rings. The normalized spacial score (nSPS) is 23.7. The van der Waals surface area contributed by atoms with Crippen molar-refractivity contribution in [1.29, 1.82) is 0 Å². The van der Waals surface area contributed by atoms with Crippen LogP contribution in [0, 0.1) is 12.7 Å². The maximum Gasteiger partial charge on any atom is 0.295 e. The summed E-state index contributed by atoms with van der Waals surface area (Å²) < 4.78 is 19.6. The third-order valence-electron chi connectivity index (χ3n) is 5.45. The Kier molecular flexibility index (Phi) is 5.20. The first kappa shape index (κ1) is 19.3. The molecule has 0 radical (unpaired) electrons. The smallest absolute Gasteiger partial charge is 0.295 e. The van der Waals surface area contributed by atoms with Crippen LogP contribution in [0.2, 0.25) is 0 Å². The van der Waals surface area contributed by atoms with E-state index in [1.807, 2.05) is 19.1 Å². The molecule has 0 saturated carbocycles. The number of carbonyl (C=O) groups excluding carboxylic acids is 2. The van der Waals surface area contributed by atoms with E-state index < -0.39 is 23.5 Å². The van der Waals surface area contributed by atoms with Crippen molar-refractivity contribution in [2.24, 2.45) is 0 Å². The summed E-state index contributed by atoms with van der Waals surface area (Å²) in [5, 5.41) is 10.9. The maximum atomic E-state index is 14.0. The van der Waals surface area contributed by atoms with Gasteiger partial charge in [0.15, 0.2) is 0 Å². The lowest BCUT2D eigenvalue weighted by molar-refractivity contribution is -0.140. The molecule has 4 rings (SSSR count). The summed E-state index contributed by atoms with van der Waals surface area (Å²) in [6.07, 6.45) is 1.50. The fourth-order valence-corrected chi connectivity index (χ4v) is 3.97. The number of aryl methyl sites for hydroxylation is 1. The van der Waals surface area contributed by atoms with E-state index in [-0.39, 0.29) is 24.0 Å². The molecule has 6 heteroatoms. The van der Waals surface area contributed by atoms with Gasteiger partial charge in [-0.3, -0.25) is 9.59 Å². The molecule has 1 N–H and O–H groups in total. The molecule has 150 valence electrons. The van der Waals surface area contributed by atoms with Crippen molar-refractivity contribution >= 4 is 17.4 Å². The van der Waals surface area contributed by atoms with Gasteiger partial charge in [0.1, 0.15) is 11.6 Å². The first-order chi connectivity index (χ1) is 14.0. The number of amides is 1. The molecule has 29 heavy (non-hydrogen) atoms. The number of likely N-dealkylation sites (tertiary alicyclic amines) is 1. The van der Waals surface area contributed by atoms with E-state index in [0.29, 0.717) is 17.7 Å². The Balaban J connectivity index is 1.83. The number of aliphatic hydroxyl groups excluding tert-OH is 1. The van der Waals surface area contributed by atoms with Crippen molar-refractivity contribution in [2.45, 2.75) is 31.9 Å². The van der Waals surface area contributed by atoms with E-state index in [0.717, 1.165) is 18.4 Å². The molecule has 5 nitrogen and oxygen atoms in total. The second-order valence-corrected chi connectivity index (χ2v) is 7.51. The Hall–Kier alpha value is -2.99. The largest absolute Gasteiger partial charge is 0.507 e. The monoisotopic (exact) mass is 395 g/mol. The third-order valence-corrected chi connectivity index (χ3v) is 5.45. The van der Waals surface area contributed by atoms with E-state index in [4.69, 9.17) is 4.74 Å². The number of ketones is 1. The number of hydrogen-bond donors (Lipinski definition) is 1. The van der Waals surface area contributed by atoms with Crippen LogP contribution < -0.4 is 0 Å². The first-order valence-electron chi connectivity index (χ1n) is 9.68.